The number of nitrogens with zero attached hydrogens (tertiary/aromatic N) is 1. The Balaban J connectivity index is 2.09. The van der Waals surface area contributed by atoms with Crippen molar-refractivity contribution in [1.29, 1.82) is 0 Å². The van der Waals surface area contributed by atoms with Crippen LogP contribution in [0, 0.1) is 0 Å². The van der Waals surface area contributed by atoms with Crippen molar-refractivity contribution >= 4 is 21.7 Å². The molecule has 3 nitrogen and oxygen atoms in total. The zero-order chi connectivity index (χ0) is 13.7. The van der Waals surface area contributed by atoms with E-state index in [2.05, 4.69) is 32.3 Å². The zero-order valence-electron chi connectivity index (χ0n) is 11.1. The molecule has 4 heteroatoms. The molecule has 2 aromatic rings. The van der Waals surface area contributed by atoms with Crippen molar-refractivity contribution in [3.63, 3.8) is 0 Å². The number of anilines is 1. The summed E-state index contributed by atoms with van der Waals surface area (Å²) in [4.78, 5) is 4.33. The molecule has 0 aliphatic heterocycles. The molecule has 0 aliphatic rings. The second-order valence-electron chi connectivity index (χ2n) is 4.46. The first-order valence-electron chi connectivity index (χ1n) is 6.26. The third kappa shape index (κ3) is 3.96. The van der Waals surface area contributed by atoms with E-state index < -0.39 is 0 Å². The molecular weight excluding hydrogens is 304 g/mol. The van der Waals surface area contributed by atoms with E-state index in [9.17, 15) is 0 Å². The number of halogens is 1. The van der Waals surface area contributed by atoms with Gasteiger partial charge >= 0.3 is 0 Å². The van der Waals surface area contributed by atoms with Gasteiger partial charge in [0.25, 0.3) is 0 Å². The van der Waals surface area contributed by atoms with Gasteiger partial charge in [0.1, 0.15) is 0 Å². The summed E-state index contributed by atoms with van der Waals surface area (Å²) in [7, 11) is 0. The summed E-state index contributed by atoms with van der Waals surface area (Å²) in [6.45, 7) is 4.71. The van der Waals surface area contributed by atoms with Gasteiger partial charge in [0.2, 0.25) is 0 Å². The molecule has 1 aromatic heterocycles. The van der Waals surface area contributed by atoms with Crippen LogP contribution >= 0.6 is 15.9 Å². The van der Waals surface area contributed by atoms with Crippen LogP contribution < -0.4 is 10.1 Å². The molecule has 0 amide bonds. The van der Waals surface area contributed by atoms with Crippen LogP contribution in [0.5, 0.6) is 5.75 Å². The Labute approximate surface area is 122 Å². The third-order valence-electron chi connectivity index (χ3n) is 2.54. The average Bonchev–Trinajstić information content (AvgIpc) is 2.39. The molecule has 0 saturated carbocycles. The summed E-state index contributed by atoms with van der Waals surface area (Å²) in [6, 6.07) is 11.9. The first-order chi connectivity index (χ1) is 9.16. The smallest absolute Gasteiger partial charge is 0.169 e. The highest BCUT2D eigenvalue weighted by Gasteiger charge is 2.06. The molecule has 0 atom stereocenters. The van der Waals surface area contributed by atoms with E-state index in [-0.39, 0.29) is 6.10 Å². The number of ether oxygens (including phenoxy) is 1. The fourth-order valence-electron chi connectivity index (χ4n) is 1.69. The van der Waals surface area contributed by atoms with Crippen molar-refractivity contribution in [2.45, 2.75) is 26.5 Å². The van der Waals surface area contributed by atoms with Crippen LogP contribution in [-0.4, -0.2) is 11.1 Å². The second kappa shape index (κ2) is 6.57. The highest BCUT2D eigenvalue weighted by Crippen LogP contribution is 2.24. The summed E-state index contributed by atoms with van der Waals surface area (Å²) < 4.78 is 6.82. The monoisotopic (exact) mass is 320 g/mol. The lowest BCUT2D eigenvalue weighted by Gasteiger charge is -2.14. The molecule has 0 radical (unpaired) electrons. The van der Waals surface area contributed by atoms with E-state index in [1.54, 1.807) is 6.20 Å². The maximum Gasteiger partial charge on any atom is 0.169 e. The lowest BCUT2D eigenvalue weighted by Crippen LogP contribution is -2.09. The zero-order valence-corrected chi connectivity index (χ0v) is 12.6. The maximum absolute atomic E-state index is 5.73. The fourth-order valence-corrected chi connectivity index (χ4v) is 2.12. The number of hydrogen-bond donors (Lipinski definition) is 1. The topological polar surface area (TPSA) is 34.1 Å². The molecule has 0 bridgehead atoms. The summed E-state index contributed by atoms with van der Waals surface area (Å²) in [6.07, 6.45) is 1.89. The Morgan fingerprint density at radius 3 is 2.74 bits per heavy atom. The highest BCUT2D eigenvalue weighted by molar-refractivity contribution is 9.10. The van der Waals surface area contributed by atoms with Crippen molar-refractivity contribution in [3.05, 3.63) is 52.6 Å². The molecule has 1 N–H and O–H groups in total. The summed E-state index contributed by atoms with van der Waals surface area (Å²) in [5.41, 5.74) is 1.18. The first-order valence-corrected chi connectivity index (χ1v) is 7.05. The van der Waals surface area contributed by atoms with Crippen LogP contribution in [0.25, 0.3) is 0 Å². The standard InChI is InChI=1S/C15H17BrN2O/c1-11(2)19-14-8-5-9-17-15(14)18-10-12-6-3-4-7-13(12)16/h3-9,11H,10H2,1-2H3,(H,17,18). The lowest BCUT2D eigenvalue weighted by molar-refractivity contribution is 0.243. The van der Waals surface area contributed by atoms with E-state index in [1.807, 2.05) is 44.2 Å². The van der Waals surface area contributed by atoms with Crippen LogP contribution in [0.15, 0.2) is 47.1 Å². The van der Waals surface area contributed by atoms with Crippen molar-refractivity contribution in [2.24, 2.45) is 0 Å². The van der Waals surface area contributed by atoms with Crippen LogP contribution in [0.2, 0.25) is 0 Å². The van der Waals surface area contributed by atoms with Crippen molar-refractivity contribution < 1.29 is 4.74 Å². The molecule has 2 rings (SSSR count). The summed E-state index contributed by atoms with van der Waals surface area (Å²) in [5, 5.41) is 3.31. The van der Waals surface area contributed by atoms with Gasteiger partial charge in [-0.05, 0) is 37.6 Å². The Bertz CT molecular complexity index is 543. The van der Waals surface area contributed by atoms with Crippen LogP contribution in [0.3, 0.4) is 0 Å². The van der Waals surface area contributed by atoms with Gasteiger partial charge in [-0.25, -0.2) is 4.98 Å². The Morgan fingerprint density at radius 1 is 1.21 bits per heavy atom. The van der Waals surface area contributed by atoms with Crippen LogP contribution in [0.4, 0.5) is 5.82 Å². The van der Waals surface area contributed by atoms with Gasteiger partial charge in [0.05, 0.1) is 6.10 Å². The molecule has 0 fully saturated rings. The quantitative estimate of drug-likeness (QED) is 0.894. The number of benzene rings is 1. The van der Waals surface area contributed by atoms with E-state index >= 15 is 0 Å². The van der Waals surface area contributed by atoms with E-state index in [4.69, 9.17) is 4.74 Å². The Hall–Kier alpha value is -1.55. The van der Waals surface area contributed by atoms with Gasteiger partial charge in [0.15, 0.2) is 11.6 Å². The summed E-state index contributed by atoms with van der Waals surface area (Å²) in [5.74, 6) is 1.55. The fraction of sp³-hybridized carbons (Fsp3) is 0.267. The molecule has 0 saturated heterocycles. The van der Waals surface area contributed by atoms with Gasteiger partial charge in [0, 0.05) is 17.2 Å². The highest BCUT2D eigenvalue weighted by atomic mass is 79.9. The predicted molar refractivity (Wildman–Crippen MR) is 81.5 cm³/mol. The molecule has 0 unspecified atom stereocenters. The second-order valence-corrected chi connectivity index (χ2v) is 5.32. The maximum atomic E-state index is 5.73. The van der Waals surface area contributed by atoms with Crippen LogP contribution in [0.1, 0.15) is 19.4 Å². The van der Waals surface area contributed by atoms with Gasteiger partial charge in [-0.2, -0.15) is 0 Å². The number of hydrogen-bond acceptors (Lipinski definition) is 3. The first kappa shape index (κ1) is 13.9. The van der Waals surface area contributed by atoms with Gasteiger partial charge < -0.3 is 10.1 Å². The van der Waals surface area contributed by atoms with E-state index in [1.165, 1.54) is 5.56 Å². The van der Waals surface area contributed by atoms with Gasteiger partial charge in [-0.3, -0.25) is 0 Å². The molecule has 1 aromatic carbocycles. The van der Waals surface area contributed by atoms with Gasteiger partial charge in [-0.15, -0.1) is 0 Å². The Morgan fingerprint density at radius 2 is 2.00 bits per heavy atom. The van der Waals surface area contributed by atoms with Crippen molar-refractivity contribution in [2.75, 3.05) is 5.32 Å². The van der Waals surface area contributed by atoms with E-state index in [0.29, 0.717) is 6.54 Å². The van der Waals surface area contributed by atoms with E-state index in [0.717, 1.165) is 16.0 Å². The minimum atomic E-state index is 0.133. The predicted octanol–water partition coefficient (Wildman–Crippen LogP) is 4.24. The lowest BCUT2D eigenvalue weighted by atomic mass is 10.2. The SMILES string of the molecule is CC(C)Oc1cccnc1NCc1ccccc1Br. The number of nitrogens with one attached hydrogen (secondary N) is 1. The third-order valence-corrected chi connectivity index (χ3v) is 3.31. The normalized spacial score (nSPS) is 10.5. The van der Waals surface area contributed by atoms with Crippen molar-refractivity contribution in [1.82, 2.24) is 4.98 Å². The molecular formula is C15H17BrN2O. The number of rotatable bonds is 5. The number of aromatic nitrogens is 1. The minimum absolute atomic E-state index is 0.133. The largest absolute Gasteiger partial charge is 0.487 e. The summed E-state index contributed by atoms with van der Waals surface area (Å²) >= 11 is 3.54. The van der Waals surface area contributed by atoms with Crippen LogP contribution in [-0.2, 0) is 6.54 Å². The average molecular weight is 321 g/mol. The minimum Gasteiger partial charge on any atom is -0.487 e. The van der Waals surface area contributed by atoms with Gasteiger partial charge in [-0.1, -0.05) is 34.1 Å². The Kier molecular flexibility index (Phi) is 4.80. The molecule has 0 aliphatic carbocycles. The van der Waals surface area contributed by atoms with Crippen molar-refractivity contribution in [3.8, 4) is 5.75 Å². The molecule has 1 heterocycles. The molecule has 100 valence electrons. The molecule has 19 heavy (non-hydrogen) atoms. The molecule has 0 spiro atoms. The number of pyridine rings is 1.